The third kappa shape index (κ3) is 3.52. The molecule has 84 valence electrons. The Morgan fingerprint density at radius 2 is 2.07 bits per heavy atom. The first-order valence-electron chi connectivity index (χ1n) is 3.77. The van der Waals surface area contributed by atoms with Gasteiger partial charge in [-0.05, 0) is 17.7 Å². The van der Waals surface area contributed by atoms with E-state index in [1.807, 2.05) is 0 Å². The normalized spacial score (nSPS) is 11.5. The molecular formula is C8H7Cl2FO3S. The van der Waals surface area contributed by atoms with Crippen LogP contribution in [0.25, 0.3) is 0 Å². The van der Waals surface area contributed by atoms with Crippen molar-refractivity contribution in [2.75, 3.05) is 7.11 Å². The Bertz CT molecular complexity index is 450. The Balaban J connectivity index is 3.15. The largest absolute Gasteiger partial charge is 0.492 e. The summed E-state index contributed by atoms with van der Waals surface area (Å²) in [7, 11) is 2.56. The first-order chi connectivity index (χ1) is 6.83. The molecule has 0 aliphatic heterocycles. The molecule has 15 heavy (non-hydrogen) atoms. The smallest absolute Gasteiger partial charge is 0.236 e. The van der Waals surface area contributed by atoms with E-state index in [0.717, 1.165) is 6.07 Å². The molecule has 1 aromatic rings. The van der Waals surface area contributed by atoms with Crippen LogP contribution < -0.4 is 4.74 Å². The van der Waals surface area contributed by atoms with Gasteiger partial charge in [0.15, 0.2) is 11.6 Å². The molecule has 0 saturated carbocycles. The third-order valence-electron chi connectivity index (χ3n) is 1.60. The van der Waals surface area contributed by atoms with Crippen LogP contribution in [0.15, 0.2) is 12.1 Å². The van der Waals surface area contributed by atoms with Crippen molar-refractivity contribution in [1.82, 2.24) is 0 Å². The summed E-state index contributed by atoms with van der Waals surface area (Å²) in [4.78, 5) is 0. The zero-order chi connectivity index (χ0) is 11.6. The fourth-order valence-corrected chi connectivity index (χ4v) is 2.34. The maximum absolute atomic E-state index is 13.2. The molecule has 7 heteroatoms. The number of methoxy groups -OCH3 is 1. The van der Waals surface area contributed by atoms with Gasteiger partial charge in [-0.15, -0.1) is 0 Å². The second kappa shape index (κ2) is 4.55. The molecule has 0 amide bonds. The second-order valence-electron chi connectivity index (χ2n) is 2.78. The van der Waals surface area contributed by atoms with Gasteiger partial charge in [-0.1, -0.05) is 11.6 Å². The molecule has 0 N–H and O–H groups in total. The fourth-order valence-electron chi connectivity index (χ4n) is 1.09. The minimum Gasteiger partial charge on any atom is -0.492 e. The van der Waals surface area contributed by atoms with Gasteiger partial charge < -0.3 is 4.74 Å². The van der Waals surface area contributed by atoms with E-state index in [0.29, 0.717) is 0 Å². The molecule has 0 unspecified atom stereocenters. The summed E-state index contributed by atoms with van der Waals surface area (Å²) in [6.07, 6.45) is 0. The summed E-state index contributed by atoms with van der Waals surface area (Å²) in [5, 5.41) is 0.00724. The Morgan fingerprint density at radius 1 is 1.47 bits per heavy atom. The predicted molar refractivity (Wildman–Crippen MR) is 56.4 cm³/mol. The van der Waals surface area contributed by atoms with Crippen LogP contribution in [0.1, 0.15) is 5.56 Å². The Morgan fingerprint density at radius 3 is 2.47 bits per heavy atom. The Labute approximate surface area is 96.2 Å². The molecule has 0 radical (unpaired) electrons. The van der Waals surface area contributed by atoms with E-state index in [9.17, 15) is 12.8 Å². The van der Waals surface area contributed by atoms with Gasteiger partial charge in [-0.2, -0.15) is 0 Å². The molecule has 0 heterocycles. The first kappa shape index (κ1) is 12.5. The van der Waals surface area contributed by atoms with Gasteiger partial charge in [0.2, 0.25) is 9.05 Å². The van der Waals surface area contributed by atoms with Gasteiger partial charge in [-0.3, -0.25) is 0 Å². The van der Waals surface area contributed by atoms with E-state index in [1.165, 1.54) is 13.2 Å². The molecule has 1 rings (SSSR count). The van der Waals surface area contributed by atoms with Crippen LogP contribution in [-0.4, -0.2) is 15.5 Å². The van der Waals surface area contributed by atoms with Crippen molar-refractivity contribution in [3.05, 3.63) is 28.5 Å². The first-order valence-corrected chi connectivity index (χ1v) is 6.63. The lowest BCUT2D eigenvalue weighted by Gasteiger charge is -2.06. The summed E-state index contributed by atoms with van der Waals surface area (Å²) in [5.74, 6) is -1.32. The number of halogens is 3. The molecule has 0 saturated heterocycles. The van der Waals surface area contributed by atoms with Gasteiger partial charge in [0.1, 0.15) is 0 Å². The van der Waals surface area contributed by atoms with Crippen molar-refractivity contribution in [2.24, 2.45) is 0 Å². The van der Waals surface area contributed by atoms with Crippen LogP contribution in [0, 0.1) is 5.82 Å². The highest BCUT2D eigenvalue weighted by Gasteiger charge is 2.13. The number of rotatable bonds is 3. The minimum absolute atomic E-state index is 0.00724. The Kier molecular flexibility index (Phi) is 3.81. The molecule has 0 aliphatic carbocycles. The number of ether oxygens (including phenoxy) is 1. The van der Waals surface area contributed by atoms with Gasteiger partial charge in [0.05, 0.1) is 17.9 Å². The maximum Gasteiger partial charge on any atom is 0.236 e. The zero-order valence-corrected chi connectivity index (χ0v) is 9.96. The van der Waals surface area contributed by atoms with E-state index in [1.54, 1.807) is 0 Å². The SMILES string of the molecule is COc1c(F)cc(CS(=O)(=O)Cl)cc1Cl. The highest BCUT2D eigenvalue weighted by Crippen LogP contribution is 2.29. The monoisotopic (exact) mass is 272 g/mol. The van der Waals surface area contributed by atoms with Gasteiger partial charge in [0, 0.05) is 10.7 Å². The highest BCUT2D eigenvalue weighted by molar-refractivity contribution is 8.13. The molecule has 0 spiro atoms. The van der Waals surface area contributed by atoms with Crippen LogP contribution in [0.4, 0.5) is 4.39 Å². The quantitative estimate of drug-likeness (QED) is 0.795. The average Bonchev–Trinajstić information content (AvgIpc) is 1.99. The van der Waals surface area contributed by atoms with E-state index in [2.05, 4.69) is 4.74 Å². The average molecular weight is 273 g/mol. The molecule has 1 aromatic carbocycles. The Hall–Kier alpha value is -0.520. The lowest BCUT2D eigenvalue weighted by atomic mass is 10.2. The van der Waals surface area contributed by atoms with Crippen molar-refractivity contribution in [1.29, 1.82) is 0 Å². The van der Waals surface area contributed by atoms with Gasteiger partial charge in [-0.25, -0.2) is 12.8 Å². The van der Waals surface area contributed by atoms with Crippen LogP contribution in [0.3, 0.4) is 0 Å². The van der Waals surface area contributed by atoms with Crippen LogP contribution >= 0.6 is 22.3 Å². The standard InChI is InChI=1S/C8H7Cl2FO3S/c1-14-8-6(9)2-5(3-7(8)11)4-15(10,12)13/h2-3H,4H2,1H3. The molecule has 0 fully saturated rings. The van der Waals surface area contributed by atoms with Crippen molar-refractivity contribution in [3.63, 3.8) is 0 Å². The maximum atomic E-state index is 13.2. The summed E-state index contributed by atoms with van der Waals surface area (Å²) in [5.41, 5.74) is 0.174. The molecule has 0 bridgehead atoms. The second-order valence-corrected chi connectivity index (χ2v) is 5.96. The molecule has 0 aliphatic rings. The lowest BCUT2D eigenvalue weighted by Crippen LogP contribution is -1.97. The fraction of sp³-hybridized carbons (Fsp3) is 0.250. The van der Waals surface area contributed by atoms with Crippen LogP contribution in [0.2, 0.25) is 5.02 Å². The van der Waals surface area contributed by atoms with Crippen LogP contribution in [0.5, 0.6) is 5.75 Å². The molecular weight excluding hydrogens is 266 g/mol. The van der Waals surface area contributed by atoms with E-state index in [4.69, 9.17) is 22.3 Å². The predicted octanol–water partition coefficient (Wildman–Crippen LogP) is 2.56. The number of benzene rings is 1. The minimum atomic E-state index is -3.72. The van der Waals surface area contributed by atoms with Gasteiger partial charge >= 0.3 is 0 Å². The molecule has 0 atom stereocenters. The van der Waals surface area contributed by atoms with Crippen LogP contribution in [-0.2, 0) is 14.8 Å². The van der Waals surface area contributed by atoms with Gasteiger partial charge in [0.25, 0.3) is 0 Å². The van der Waals surface area contributed by atoms with E-state index in [-0.39, 0.29) is 16.3 Å². The molecule has 0 aromatic heterocycles. The molecule has 3 nitrogen and oxygen atoms in total. The summed E-state index contributed by atoms with van der Waals surface area (Å²) >= 11 is 5.66. The van der Waals surface area contributed by atoms with Crippen molar-refractivity contribution >= 4 is 31.3 Å². The van der Waals surface area contributed by atoms with Crippen molar-refractivity contribution in [3.8, 4) is 5.75 Å². The van der Waals surface area contributed by atoms with Crippen molar-refractivity contribution in [2.45, 2.75) is 5.75 Å². The topological polar surface area (TPSA) is 43.4 Å². The van der Waals surface area contributed by atoms with E-state index >= 15 is 0 Å². The van der Waals surface area contributed by atoms with E-state index < -0.39 is 20.6 Å². The zero-order valence-electron chi connectivity index (χ0n) is 7.63. The number of hydrogen-bond acceptors (Lipinski definition) is 3. The van der Waals surface area contributed by atoms with Crippen molar-refractivity contribution < 1.29 is 17.5 Å². The highest BCUT2D eigenvalue weighted by atomic mass is 35.7. The number of hydrogen-bond donors (Lipinski definition) is 0. The summed E-state index contributed by atoms with van der Waals surface area (Å²) in [6, 6.07) is 2.31. The lowest BCUT2D eigenvalue weighted by molar-refractivity contribution is 0.386. The third-order valence-corrected chi connectivity index (χ3v) is 2.89. The summed E-state index contributed by atoms with van der Waals surface area (Å²) < 4.78 is 39.4. The summed E-state index contributed by atoms with van der Waals surface area (Å²) in [6.45, 7) is 0.